The van der Waals surface area contributed by atoms with Crippen LogP contribution in [-0.4, -0.2) is 18.4 Å². The molecule has 0 spiro atoms. The third-order valence-corrected chi connectivity index (χ3v) is 1.82. The fourth-order valence-corrected chi connectivity index (χ4v) is 1.21. The molecule has 0 aliphatic carbocycles. The van der Waals surface area contributed by atoms with Crippen LogP contribution in [-0.2, 0) is 14.3 Å². The van der Waals surface area contributed by atoms with Gasteiger partial charge in [0.05, 0.1) is 6.61 Å². The van der Waals surface area contributed by atoms with Crippen molar-refractivity contribution in [3.8, 4) is 0 Å². The monoisotopic (exact) mass is 156 g/mol. The van der Waals surface area contributed by atoms with Crippen LogP contribution in [0.1, 0.15) is 26.2 Å². The Labute approximate surface area is 65.7 Å². The molecule has 1 rings (SSSR count). The maximum Gasteiger partial charge on any atom is 0.316 e. The van der Waals surface area contributed by atoms with Crippen molar-refractivity contribution in [1.29, 1.82) is 0 Å². The molecule has 0 amide bonds. The number of carbonyl (C=O) groups is 2. The number of cyclic esters (lactones) is 1. The van der Waals surface area contributed by atoms with Gasteiger partial charge in [-0.2, -0.15) is 0 Å². The molecule has 1 saturated heterocycles. The molecule has 0 bridgehead atoms. The Morgan fingerprint density at radius 3 is 2.91 bits per heavy atom. The van der Waals surface area contributed by atoms with Crippen molar-refractivity contribution in [2.75, 3.05) is 6.61 Å². The minimum atomic E-state index is -0.449. The molecule has 62 valence electrons. The summed E-state index contributed by atoms with van der Waals surface area (Å²) in [5, 5.41) is 0. The van der Waals surface area contributed by atoms with Crippen LogP contribution in [0.15, 0.2) is 0 Å². The molecule has 1 fully saturated rings. The summed E-state index contributed by atoms with van der Waals surface area (Å²) in [6.07, 6.45) is 1.89. The second kappa shape index (κ2) is 3.51. The first-order valence-corrected chi connectivity index (χ1v) is 3.95. The zero-order valence-electron chi connectivity index (χ0n) is 6.63. The van der Waals surface area contributed by atoms with E-state index in [1.54, 1.807) is 0 Å². The van der Waals surface area contributed by atoms with Gasteiger partial charge in [0.2, 0.25) is 0 Å². The zero-order chi connectivity index (χ0) is 8.27. The van der Waals surface area contributed by atoms with Crippen LogP contribution < -0.4 is 0 Å². The van der Waals surface area contributed by atoms with E-state index < -0.39 is 5.92 Å². The van der Waals surface area contributed by atoms with Crippen LogP contribution in [0.25, 0.3) is 0 Å². The maximum absolute atomic E-state index is 11.2. The standard InChI is InChI=1S/C8H12O3/c1-2-3-7(9)6-4-5-11-8(6)10/h6H,2-5H2,1H3. The summed E-state index contributed by atoms with van der Waals surface area (Å²) in [5.74, 6) is -0.742. The summed E-state index contributed by atoms with van der Waals surface area (Å²) in [5.41, 5.74) is 0. The lowest BCUT2D eigenvalue weighted by atomic mass is 10.00. The average Bonchev–Trinajstić information content (AvgIpc) is 2.36. The van der Waals surface area contributed by atoms with Gasteiger partial charge >= 0.3 is 5.97 Å². The fraction of sp³-hybridized carbons (Fsp3) is 0.750. The number of ether oxygens (including phenoxy) is 1. The first-order chi connectivity index (χ1) is 5.25. The van der Waals surface area contributed by atoms with E-state index in [0.717, 1.165) is 6.42 Å². The van der Waals surface area contributed by atoms with Gasteiger partial charge in [-0.1, -0.05) is 6.92 Å². The lowest BCUT2D eigenvalue weighted by Crippen LogP contribution is -2.18. The third-order valence-electron chi connectivity index (χ3n) is 1.82. The molecule has 1 atom stereocenters. The Morgan fingerprint density at radius 2 is 2.45 bits per heavy atom. The average molecular weight is 156 g/mol. The van der Waals surface area contributed by atoms with Crippen molar-refractivity contribution in [3.05, 3.63) is 0 Å². The van der Waals surface area contributed by atoms with Gasteiger partial charge in [-0.05, 0) is 6.42 Å². The summed E-state index contributed by atoms with van der Waals surface area (Å²) in [6.45, 7) is 2.34. The van der Waals surface area contributed by atoms with Crippen molar-refractivity contribution < 1.29 is 14.3 Å². The van der Waals surface area contributed by atoms with Crippen LogP contribution in [0.2, 0.25) is 0 Å². The first kappa shape index (κ1) is 8.24. The normalized spacial score (nSPS) is 23.4. The quantitative estimate of drug-likeness (QED) is 0.450. The highest BCUT2D eigenvalue weighted by Gasteiger charge is 2.31. The van der Waals surface area contributed by atoms with Gasteiger partial charge in [-0.25, -0.2) is 0 Å². The Bertz CT molecular complexity index is 174. The Hall–Kier alpha value is -0.860. The lowest BCUT2D eigenvalue weighted by molar-refractivity contribution is -0.144. The summed E-state index contributed by atoms with van der Waals surface area (Å²) in [4.78, 5) is 22.0. The summed E-state index contributed by atoms with van der Waals surface area (Å²) in [6, 6.07) is 0. The number of hydrogen-bond donors (Lipinski definition) is 0. The van der Waals surface area contributed by atoms with E-state index in [-0.39, 0.29) is 11.8 Å². The number of esters is 1. The molecule has 3 heteroatoms. The molecule has 1 heterocycles. The van der Waals surface area contributed by atoms with E-state index in [0.29, 0.717) is 19.4 Å². The van der Waals surface area contributed by atoms with E-state index in [1.165, 1.54) is 0 Å². The topological polar surface area (TPSA) is 43.4 Å². The van der Waals surface area contributed by atoms with Gasteiger partial charge in [0.25, 0.3) is 0 Å². The molecule has 1 aliphatic heterocycles. The molecule has 11 heavy (non-hydrogen) atoms. The second-order valence-electron chi connectivity index (χ2n) is 2.73. The number of hydrogen-bond acceptors (Lipinski definition) is 3. The largest absolute Gasteiger partial charge is 0.465 e. The molecular weight excluding hydrogens is 144 g/mol. The first-order valence-electron chi connectivity index (χ1n) is 3.95. The predicted octanol–water partition coefficient (Wildman–Crippen LogP) is 0.919. The van der Waals surface area contributed by atoms with E-state index >= 15 is 0 Å². The minimum Gasteiger partial charge on any atom is -0.465 e. The van der Waals surface area contributed by atoms with Crippen molar-refractivity contribution >= 4 is 11.8 Å². The highest BCUT2D eigenvalue weighted by Crippen LogP contribution is 2.17. The maximum atomic E-state index is 11.2. The van der Waals surface area contributed by atoms with Gasteiger partial charge in [-0.15, -0.1) is 0 Å². The van der Waals surface area contributed by atoms with E-state index in [2.05, 4.69) is 4.74 Å². The molecule has 3 nitrogen and oxygen atoms in total. The van der Waals surface area contributed by atoms with Crippen molar-refractivity contribution in [1.82, 2.24) is 0 Å². The number of ketones is 1. The molecule has 0 N–H and O–H groups in total. The summed E-state index contributed by atoms with van der Waals surface area (Å²) < 4.78 is 4.67. The summed E-state index contributed by atoms with van der Waals surface area (Å²) in [7, 11) is 0. The van der Waals surface area contributed by atoms with Crippen LogP contribution in [0, 0.1) is 5.92 Å². The molecular formula is C8H12O3. The SMILES string of the molecule is CCCC(=O)C1CCOC1=O. The zero-order valence-corrected chi connectivity index (χ0v) is 6.63. The van der Waals surface area contributed by atoms with Gasteiger partial charge in [0.1, 0.15) is 11.7 Å². The second-order valence-corrected chi connectivity index (χ2v) is 2.73. The Morgan fingerprint density at radius 1 is 1.73 bits per heavy atom. The molecule has 1 unspecified atom stereocenters. The van der Waals surface area contributed by atoms with Gasteiger partial charge in [-0.3, -0.25) is 9.59 Å². The molecule has 0 radical (unpaired) electrons. The highest BCUT2D eigenvalue weighted by atomic mass is 16.5. The van der Waals surface area contributed by atoms with Crippen molar-refractivity contribution in [2.24, 2.45) is 5.92 Å². The molecule has 0 saturated carbocycles. The smallest absolute Gasteiger partial charge is 0.316 e. The van der Waals surface area contributed by atoms with Gasteiger partial charge < -0.3 is 4.74 Å². The van der Waals surface area contributed by atoms with Crippen LogP contribution in [0.4, 0.5) is 0 Å². The highest BCUT2D eigenvalue weighted by molar-refractivity contribution is 5.99. The Balaban J connectivity index is 2.46. The van der Waals surface area contributed by atoms with Crippen LogP contribution in [0.3, 0.4) is 0 Å². The van der Waals surface area contributed by atoms with E-state index in [1.807, 2.05) is 6.92 Å². The van der Waals surface area contributed by atoms with Gasteiger partial charge in [0.15, 0.2) is 0 Å². The van der Waals surface area contributed by atoms with E-state index in [4.69, 9.17) is 0 Å². The van der Waals surface area contributed by atoms with Crippen LogP contribution in [0.5, 0.6) is 0 Å². The fourth-order valence-electron chi connectivity index (χ4n) is 1.21. The minimum absolute atomic E-state index is 0.0370. The predicted molar refractivity (Wildman–Crippen MR) is 39.0 cm³/mol. The lowest BCUT2D eigenvalue weighted by Gasteiger charge is -2.01. The van der Waals surface area contributed by atoms with Crippen molar-refractivity contribution in [3.63, 3.8) is 0 Å². The number of carbonyl (C=O) groups excluding carboxylic acids is 2. The molecule has 1 aliphatic rings. The van der Waals surface area contributed by atoms with E-state index in [9.17, 15) is 9.59 Å². The summed E-state index contributed by atoms with van der Waals surface area (Å²) >= 11 is 0. The molecule has 0 aromatic heterocycles. The van der Waals surface area contributed by atoms with Gasteiger partial charge in [0, 0.05) is 12.8 Å². The van der Waals surface area contributed by atoms with Crippen molar-refractivity contribution in [2.45, 2.75) is 26.2 Å². The number of Topliss-reactive ketones (excluding diaryl/α,β-unsaturated/α-hetero) is 1. The Kier molecular flexibility index (Phi) is 2.63. The number of rotatable bonds is 3. The molecule has 0 aromatic rings. The molecule has 0 aromatic carbocycles. The van der Waals surface area contributed by atoms with Crippen LogP contribution >= 0.6 is 0 Å². The third kappa shape index (κ3) is 1.79.